The average molecular weight is 523 g/mol. The lowest BCUT2D eigenvalue weighted by atomic mass is 9.78. The number of imidazole rings is 1. The van der Waals surface area contributed by atoms with Gasteiger partial charge in [-0.3, -0.25) is 9.10 Å². The highest BCUT2D eigenvalue weighted by molar-refractivity contribution is 7.93. The lowest BCUT2D eigenvalue weighted by molar-refractivity contribution is -0.671. The Morgan fingerprint density at radius 2 is 1.97 bits per heavy atom. The second-order valence-electron chi connectivity index (χ2n) is 10.1. The highest BCUT2D eigenvalue weighted by atomic mass is 32.2. The maximum Gasteiger partial charge on any atom is 0.265 e. The maximum atomic E-state index is 13.7. The zero-order chi connectivity index (χ0) is 26.4. The third-order valence-electron chi connectivity index (χ3n) is 7.91. The number of hydrogen-bond donors (Lipinski definition) is 1. The molecule has 11 heteroatoms. The van der Waals surface area contributed by atoms with E-state index in [2.05, 4.69) is 0 Å². The van der Waals surface area contributed by atoms with Gasteiger partial charge in [0.1, 0.15) is 18.9 Å². The molecule has 10 nitrogen and oxygen atoms in total. The van der Waals surface area contributed by atoms with E-state index in [1.807, 2.05) is 47.0 Å². The van der Waals surface area contributed by atoms with E-state index in [-0.39, 0.29) is 17.1 Å². The molecule has 3 aliphatic rings. The van der Waals surface area contributed by atoms with Crippen LogP contribution in [0.2, 0.25) is 0 Å². The molecule has 192 valence electrons. The summed E-state index contributed by atoms with van der Waals surface area (Å²) in [6.45, 7) is 3.58. The number of benzene rings is 2. The van der Waals surface area contributed by atoms with Crippen molar-refractivity contribution >= 4 is 38.4 Å². The molecule has 4 atom stereocenters. The predicted octanol–water partition coefficient (Wildman–Crippen LogP) is -0.116. The fourth-order valence-electron chi connectivity index (χ4n) is 6.18. The summed E-state index contributed by atoms with van der Waals surface area (Å²) >= 11 is 0. The summed E-state index contributed by atoms with van der Waals surface area (Å²) in [7, 11) is -2.06. The summed E-state index contributed by atoms with van der Waals surface area (Å²) in [6.07, 6.45) is 4.85. The molecule has 3 aliphatic heterocycles. The molecule has 0 aliphatic carbocycles. The lowest BCUT2D eigenvalue weighted by Gasteiger charge is -2.47. The highest BCUT2D eigenvalue weighted by Gasteiger charge is 2.59. The lowest BCUT2D eigenvalue weighted by Crippen LogP contribution is -2.64. The summed E-state index contributed by atoms with van der Waals surface area (Å²) in [5.41, 5.74) is 1.43. The van der Waals surface area contributed by atoms with E-state index in [4.69, 9.17) is 0 Å². The summed E-state index contributed by atoms with van der Waals surface area (Å²) in [5.74, 6) is -3.22. The number of aliphatic hydroxyl groups excluding tert-OH is 1. The number of hydrogen-bond acceptors (Lipinski definition) is 6. The molecule has 4 heterocycles. The Morgan fingerprint density at radius 3 is 2.62 bits per heavy atom. The Balaban J connectivity index is 1.44. The Hall–Kier alpha value is -3.70. The Kier molecular flexibility index (Phi) is 5.06. The van der Waals surface area contributed by atoms with Gasteiger partial charge in [-0.1, -0.05) is 25.1 Å². The van der Waals surface area contributed by atoms with Crippen molar-refractivity contribution in [3.63, 3.8) is 0 Å². The van der Waals surface area contributed by atoms with Gasteiger partial charge in [0, 0.05) is 16.9 Å². The first-order chi connectivity index (χ1) is 17.5. The monoisotopic (exact) mass is 522 g/mol. The Bertz CT molecular complexity index is 1640. The van der Waals surface area contributed by atoms with Crippen molar-refractivity contribution in [1.82, 2.24) is 9.47 Å². The van der Waals surface area contributed by atoms with Gasteiger partial charge in [-0.15, -0.1) is 0 Å². The Labute approximate surface area is 213 Å². The van der Waals surface area contributed by atoms with Crippen molar-refractivity contribution in [2.45, 2.75) is 37.4 Å². The van der Waals surface area contributed by atoms with Crippen molar-refractivity contribution in [1.29, 1.82) is 0 Å². The van der Waals surface area contributed by atoms with Crippen LogP contribution in [0.5, 0.6) is 0 Å². The molecule has 0 bridgehead atoms. The molecule has 1 fully saturated rings. The highest BCUT2D eigenvalue weighted by Crippen LogP contribution is 2.49. The number of aliphatic hydroxyl groups is 1. The average Bonchev–Trinajstić information content (AvgIpc) is 3.41. The molecule has 2 aromatic carbocycles. The normalized spacial score (nSPS) is 24.5. The maximum absolute atomic E-state index is 13.7. The van der Waals surface area contributed by atoms with Crippen molar-refractivity contribution in [3.8, 4) is 0 Å². The molecule has 0 saturated carbocycles. The number of fused-ring (bicyclic) bond motifs is 1. The fourth-order valence-corrected chi connectivity index (χ4v) is 7.85. The number of aliphatic carboxylic acids is 1. The van der Waals surface area contributed by atoms with E-state index in [1.165, 1.54) is 11.2 Å². The molecular weight excluding hydrogens is 496 g/mol. The minimum Gasteiger partial charge on any atom is -0.543 e. The molecule has 0 radical (unpaired) electrons. The van der Waals surface area contributed by atoms with Gasteiger partial charge in [-0.25, -0.2) is 17.6 Å². The summed E-state index contributed by atoms with van der Waals surface area (Å²) in [6, 6.07) is 8.26. The first-order valence-corrected chi connectivity index (χ1v) is 13.5. The molecule has 6 rings (SSSR count). The van der Waals surface area contributed by atoms with Crippen LogP contribution in [-0.2, 0) is 33.2 Å². The van der Waals surface area contributed by atoms with Gasteiger partial charge in [0.25, 0.3) is 10.0 Å². The Morgan fingerprint density at radius 1 is 1.22 bits per heavy atom. The molecule has 0 spiro atoms. The summed E-state index contributed by atoms with van der Waals surface area (Å²) < 4.78 is 32.6. The van der Waals surface area contributed by atoms with Gasteiger partial charge in [-0.2, -0.15) is 0 Å². The third-order valence-corrected chi connectivity index (χ3v) is 9.71. The van der Waals surface area contributed by atoms with E-state index < -0.39 is 45.9 Å². The number of carbonyl (C=O) groups excluding carboxylic acids is 2. The van der Waals surface area contributed by atoms with Crippen LogP contribution in [-0.4, -0.2) is 53.6 Å². The van der Waals surface area contributed by atoms with Gasteiger partial charge in [-0.05, 0) is 30.0 Å². The molecule has 3 aromatic rings. The summed E-state index contributed by atoms with van der Waals surface area (Å²) in [4.78, 5) is 26.1. The first-order valence-electron chi connectivity index (χ1n) is 12.1. The fraction of sp³-hybridized carbons (Fsp3) is 0.346. The quantitative estimate of drug-likeness (QED) is 0.355. The van der Waals surface area contributed by atoms with Crippen molar-refractivity contribution in [2.75, 3.05) is 10.8 Å². The van der Waals surface area contributed by atoms with Gasteiger partial charge in [0.2, 0.25) is 12.2 Å². The van der Waals surface area contributed by atoms with Crippen LogP contribution in [0.25, 0.3) is 10.8 Å². The largest absolute Gasteiger partial charge is 0.543 e. The molecule has 1 N–H and O–H groups in total. The van der Waals surface area contributed by atoms with E-state index in [1.54, 1.807) is 25.1 Å². The minimum absolute atomic E-state index is 0.169. The van der Waals surface area contributed by atoms with Crippen LogP contribution in [0.1, 0.15) is 19.4 Å². The van der Waals surface area contributed by atoms with Gasteiger partial charge < -0.3 is 19.9 Å². The molecule has 0 unspecified atom stereocenters. The number of sulfonamides is 1. The summed E-state index contributed by atoms with van der Waals surface area (Å²) in [5, 5.41) is 23.6. The zero-order valence-electron chi connectivity index (χ0n) is 20.5. The number of aryl methyl sites for hydroxylation is 1. The van der Waals surface area contributed by atoms with Gasteiger partial charge in [0.15, 0.2) is 0 Å². The topological polar surface area (TPSA) is 127 Å². The molecule has 1 saturated heterocycles. The van der Waals surface area contributed by atoms with Crippen molar-refractivity contribution in [3.05, 3.63) is 65.9 Å². The molecule has 37 heavy (non-hydrogen) atoms. The van der Waals surface area contributed by atoms with Crippen LogP contribution in [0.15, 0.2) is 65.2 Å². The smallest absolute Gasteiger partial charge is 0.265 e. The number of aromatic nitrogens is 2. The van der Waals surface area contributed by atoms with E-state index in [0.717, 1.165) is 15.8 Å². The number of carboxylic acid groups (broad SMARTS) is 1. The molecular formula is C26H26N4O6S. The zero-order valence-corrected chi connectivity index (χ0v) is 21.3. The number of rotatable bonds is 6. The SMILES string of the molecule is C[C@@H](O)[C@H]1C(=O)N2C(C(=O)[O-])=C(CN3c4cccc5c(Cn6cc[n+](C)c6)ccc(c45)S3(=O)=O)[C@H](C)[C@H]12. The number of amides is 1. The number of β-lactam (4-membered cyclic amide) rings is 1. The van der Waals surface area contributed by atoms with Crippen LogP contribution >= 0.6 is 0 Å². The number of anilines is 1. The second kappa shape index (κ2) is 7.90. The minimum atomic E-state index is -3.98. The molecule has 1 amide bonds. The third kappa shape index (κ3) is 3.20. The predicted molar refractivity (Wildman–Crippen MR) is 130 cm³/mol. The van der Waals surface area contributed by atoms with E-state index >= 15 is 0 Å². The molecule has 1 aromatic heterocycles. The van der Waals surface area contributed by atoms with Crippen LogP contribution in [0.4, 0.5) is 5.69 Å². The van der Waals surface area contributed by atoms with E-state index in [9.17, 15) is 28.2 Å². The van der Waals surface area contributed by atoms with Gasteiger partial charge in [0.05, 0.1) is 53.9 Å². The van der Waals surface area contributed by atoms with Gasteiger partial charge >= 0.3 is 0 Å². The number of carboxylic acids is 1. The van der Waals surface area contributed by atoms with Crippen LogP contribution < -0.4 is 14.0 Å². The standard InChI is InChI=1S/C26H26N4O6S/c1-14-18(24(26(33)34)30-23(14)21(15(2)31)25(30)32)12-29-19-6-4-5-17-16(11-28-10-9-27(3)13-28)7-8-20(22(17)19)37(29,35)36/h4-10,13-15,21,23,31H,11-12H2,1-3H3/t14-,15+,21+,23+/m0/s1. The second-order valence-corrected chi connectivity index (χ2v) is 11.9. The van der Waals surface area contributed by atoms with E-state index in [0.29, 0.717) is 23.2 Å². The van der Waals surface area contributed by atoms with Crippen molar-refractivity contribution in [2.24, 2.45) is 18.9 Å². The van der Waals surface area contributed by atoms with Crippen molar-refractivity contribution < 1.29 is 32.8 Å². The number of nitrogens with zero attached hydrogens (tertiary/aromatic N) is 4. The van der Waals surface area contributed by atoms with Crippen LogP contribution in [0, 0.1) is 11.8 Å². The van der Waals surface area contributed by atoms with Crippen LogP contribution in [0.3, 0.4) is 0 Å². The number of carbonyl (C=O) groups is 2. The first kappa shape index (κ1) is 23.7.